The predicted molar refractivity (Wildman–Crippen MR) is 72.3 cm³/mol. The predicted octanol–water partition coefficient (Wildman–Crippen LogP) is 2.91. The van der Waals surface area contributed by atoms with Crippen LogP contribution in [0, 0.1) is 11.3 Å². The quantitative estimate of drug-likeness (QED) is 0.701. The van der Waals surface area contributed by atoms with Crippen molar-refractivity contribution in [3.05, 3.63) is 54.4 Å². The van der Waals surface area contributed by atoms with Crippen LogP contribution in [0.25, 0.3) is 16.7 Å². The maximum absolute atomic E-state index is 9.27. The fraction of sp³-hybridized carbons (Fsp3) is 0.0667. The number of rotatable bonds is 2. The number of pyridine rings is 1. The van der Waals surface area contributed by atoms with Gasteiger partial charge in [-0.25, -0.2) is 4.98 Å². The van der Waals surface area contributed by atoms with Crippen LogP contribution in [-0.4, -0.2) is 16.7 Å². The molecule has 0 saturated carbocycles. The molecule has 1 aromatic carbocycles. The molecule has 2 aromatic heterocycles. The lowest BCUT2D eigenvalue weighted by molar-refractivity contribution is 0.413. The third-order valence-corrected chi connectivity index (χ3v) is 3.03. The van der Waals surface area contributed by atoms with E-state index in [-0.39, 0.29) is 0 Å². The number of methoxy groups -OCH3 is 1. The molecule has 3 aromatic rings. The van der Waals surface area contributed by atoms with Crippen LogP contribution in [0.4, 0.5) is 0 Å². The first-order chi connectivity index (χ1) is 9.35. The van der Waals surface area contributed by atoms with Gasteiger partial charge in [0.25, 0.3) is 0 Å². The van der Waals surface area contributed by atoms with Gasteiger partial charge in [-0.05, 0) is 30.3 Å². The zero-order valence-corrected chi connectivity index (χ0v) is 10.4. The molecular formula is C15H11N3O. The maximum Gasteiger partial charge on any atom is 0.144 e. The summed E-state index contributed by atoms with van der Waals surface area (Å²) in [5, 5.41) is 10.3. The van der Waals surface area contributed by atoms with Crippen molar-refractivity contribution in [1.29, 1.82) is 5.26 Å². The minimum Gasteiger partial charge on any atom is -0.495 e. The van der Waals surface area contributed by atoms with Gasteiger partial charge < -0.3 is 4.74 Å². The lowest BCUT2D eigenvalue weighted by Gasteiger charge is -2.11. The van der Waals surface area contributed by atoms with E-state index < -0.39 is 0 Å². The topological polar surface area (TPSA) is 50.8 Å². The number of nitriles is 1. The number of aromatic nitrogens is 2. The van der Waals surface area contributed by atoms with Gasteiger partial charge in [0.15, 0.2) is 0 Å². The molecule has 2 heterocycles. The highest BCUT2D eigenvalue weighted by molar-refractivity contribution is 5.79. The minimum atomic E-state index is 0.558. The van der Waals surface area contributed by atoms with Gasteiger partial charge in [-0.15, -0.1) is 0 Å². The summed E-state index contributed by atoms with van der Waals surface area (Å²) in [6, 6.07) is 13.5. The molecule has 0 atom stereocenters. The molecule has 0 aliphatic heterocycles. The minimum absolute atomic E-state index is 0.558. The molecule has 0 aliphatic carbocycles. The Morgan fingerprint density at radius 1 is 1.21 bits per heavy atom. The van der Waals surface area contributed by atoms with Crippen molar-refractivity contribution in [1.82, 2.24) is 9.55 Å². The van der Waals surface area contributed by atoms with Crippen LogP contribution in [0.5, 0.6) is 5.75 Å². The highest BCUT2D eigenvalue weighted by Gasteiger charge is 2.13. The van der Waals surface area contributed by atoms with E-state index in [1.807, 2.05) is 35.0 Å². The molecule has 92 valence electrons. The Morgan fingerprint density at radius 3 is 2.89 bits per heavy atom. The zero-order valence-electron chi connectivity index (χ0n) is 10.4. The highest BCUT2D eigenvalue weighted by atomic mass is 16.5. The van der Waals surface area contributed by atoms with Crippen LogP contribution in [0.1, 0.15) is 5.56 Å². The SMILES string of the molecule is COc1cccc(C#N)c1-n1ccc2cccnc21. The molecule has 4 nitrogen and oxygen atoms in total. The van der Waals surface area contributed by atoms with Gasteiger partial charge in [0, 0.05) is 17.8 Å². The molecule has 0 unspecified atom stereocenters. The van der Waals surface area contributed by atoms with Crippen LogP contribution in [-0.2, 0) is 0 Å². The van der Waals surface area contributed by atoms with Crippen LogP contribution >= 0.6 is 0 Å². The summed E-state index contributed by atoms with van der Waals surface area (Å²) >= 11 is 0. The first-order valence-corrected chi connectivity index (χ1v) is 5.84. The highest BCUT2D eigenvalue weighted by Crippen LogP contribution is 2.29. The number of benzene rings is 1. The smallest absolute Gasteiger partial charge is 0.144 e. The van der Waals surface area contributed by atoms with E-state index in [0.717, 1.165) is 16.7 Å². The number of nitrogens with zero attached hydrogens (tertiary/aromatic N) is 3. The summed E-state index contributed by atoms with van der Waals surface area (Å²) in [5.74, 6) is 0.655. The van der Waals surface area contributed by atoms with Gasteiger partial charge in [-0.3, -0.25) is 4.57 Å². The summed E-state index contributed by atoms with van der Waals surface area (Å²) < 4.78 is 7.24. The average molecular weight is 249 g/mol. The second-order valence-corrected chi connectivity index (χ2v) is 4.07. The Kier molecular flexibility index (Phi) is 2.66. The van der Waals surface area contributed by atoms with Crippen molar-refractivity contribution in [3.63, 3.8) is 0 Å². The normalized spacial score (nSPS) is 10.3. The van der Waals surface area contributed by atoms with E-state index in [2.05, 4.69) is 11.1 Å². The van der Waals surface area contributed by atoms with Crippen LogP contribution in [0.3, 0.4) is 0 Å². The van der Waals surface area contributed by atoms with E-state index >= 15 is 0 Å². The fourth-order valence-electron chi connectivity index (χ4n) is 2.17. The fourth-order valence-corrected chi connectivity index (χ4v) is 2.17. The van der Waals surface area contributed by atoms with Crippen molar-refractivity contribution in [2.75, 3.05) is 7.11 Å². The molecule has 0 N–H and O–H groups in total. The summed E-state index contributed by atoms with van der Waals surface area (Å²) in [7, 11) is 1.60. The van der Waals surface area contributed by atoms with Gasteiger partial charge in [0.2, 0.25) is 0 Å². The van der Waals surface area contributed by atoms with Crippen molar-refractivity contribution >= 4 is 11.0 Å². The second kappa shape index (κ2) is 4.46. The van der Waals surface area contributed by atoms with Crippen molar-refractivity contribution < 1.29 is 4.74 Å². The Balaban J connectivity index is 2.36. The van der Waals surface area contributed by atoms with Gasteiger partial charge in [-0.1, -0.05) is 6.07 Å². The van der Waals surface area contributed by atoms with Crippen LogP contribution < -0.4 is 4.74 Å². The molecule has 0 amide bonds. The first kappa shape index (κ1) is 11.3. The number of hydrogen-bond acceptors (Lipinski definition) is 3. The lowest BCUT2D eigenvalue weighted by atomic mass is 10.1. The van der Waals surface area contributed by atoms with E-state index in [4.69, 9.17) is 4.74 Å². The zero-order chi connectivity index (χ0) is 13.2. The van der Waals surface area contributed by atoms with Crippen LogP contribution in [0.15, 0.2) is 48.8 Å². The summed E-state index contributed by atoms with van der Waals surface area (Å²) in [6.45, 7) is 0. The summed E-state index contributed by atoms with van der Waals surface area (Å²) in [5.41, 5.74) is 2.09. The Hall–Kier alpha value is -2.80. The summed E-state index contributed by atoms with van der Waals surface area (Å²) in [4.78, 5) is 4.37. The number of fused-ring (bicyclic) bond motifs is 1. The van der Waals surface area contributed by atoms with Crippen LogP contribution in [0.2, 0.25) is 0 Å². The molecule has 0 spiro atoms. The molecule has 0 fully saturated rings. The Morgan fingerprint density at radius 2 is 2.11 bits per heavy atom. The van der Waals surface area contributed by atoms with Gasteiger partial charge in [-0.2, -0.15) is 5.26 Å². The molecule has 0 bridgehead atoms. The van der Waals surface area contributed by atoms with Crippen molar-refractivity contribution in [3.8, 4) is 17.5 Å². The average Bonchev–Trinajstić information content (AvgIpc) is 2.90. The lowest BCUT2D eigenvalue weighted by Crippen LogP contribution is -2.00. The molecule has 0 aliphatic rings. The van der Waals surface area contributed by atoms with Gasteiger partial charge in [0.05, 0.1) is 12.7 Å². The second-order valence-electron chi connectivity index (χ2n) is 4.07. The molecule has 3 rings (SSSR count). The van der Waals surface area contributed by atoms with Crippen molar-refractivity contribution in [2.24, 2.45) is 0 Å². The number of ether oxygens (including phenoxy) is 1. The molecular weight excluding hydrogens is 238 g/mol. The van der Waals surface area contributed by atoms with E-state index in [0.29, 0.717) is 11.3 Å². The third-order valence-electron chi connectivity index (χ3n) is 3.03. The largest absolute Gasteiger partial charge is 0.495 e. The molecule has 4 heteroatoms. The molecule has 19 heavy (non-hydrogen) atoms. The van der Waals surface area contributed by atoms with Crippen molar-refractivity contribution in [2.45, 2.75) is 0 Å². The Labute approximate surface area is 110 Å². The standard InChI is InChI=1S/C15H11N3O/c1-19-13-6-2-4-12(10-16)14(13)18-9-7-11-5-3-8-17-15(11)18/h2-9H,1H3. The number of hydrogen-bond donors (Lipinski definition) is 0. The summed E-state index contributed by atoms with van der Waals surface area (Å²) in [6.07, 6.45) is 3.64. The third kappa shape index (κ3) is 1.72. The molecule has 0 radical (unpaired) electrons. The van der Waals surface area contributed by atoms with Gasteiger partial charge >= 0.3 is 0 Å². The monoisotopic (exact) mass is 249 g/mol. The van der Waals surface area contributed by atoms with Gasteiger partial charge in [0.1, 0.15) is 23.2 Å². The maximum atomic E-state index is 9.27. The Bertz CT molecular complexity index is 783. The first-order valence-electron chi connectivity index (χ1n) is 5.84. The van der Waals surface area contributed by atoms with E-state index in [1.165, 1.54) is 0 Å². The molecule has 0 saturated heterocycles. The van der Waals surface area contributed by atoms with E-state index in [9.17, 15) is 5.26 Å². The number of para-hydroxylation sites is 1. The van der Waals surface area contributed by atoms with E-state index in [1.54, 1.807) is 25.4 Å².